The summed E-state index contributed by atoms with van der Waals surface area (Å²) in [5.41, 5.74) is 2.29. The second kappa shape index (κ2) is 6.20. The molecule has 1 heterocycles. The zero-order chi connectivity index (χ0) is 18.4. The Hall–Kier alpha value is -2.31. The number of hydrogen-bond acceptors (Lipinski definition) is 4. The minimum Gasteiger partial charge on any atom is -0.465 e. The maximum absolute atomic E-state index is 12.7. The van der Waals surface area contributed by atoms with Crippen LogP contribution in [0.25, 0.3) is 11.3 Å². The van der Waals surface area contributed by atoms with Gasteiger partial charge in [0.05, 0.1) is 23.3 Å². The molecule has 2 aromatic carbocycles. The molecule has 130 valence electrons. The predicted molar refractivity (Wildman–Crippen MR) is 96.4 cm³/mol. The third-order valence-corrected chi connectivity index (χ3v) is 6.13. The van der Waals surface area contributed by atoms with E-state index in [9.17, 15) is 13.2 Å². The first-order chi connectivity index (χ1) is 11.8. The molecule has 0 atom stereocenters. The Kier molecular flexibility index (Phi) is 4.34. The average molecular weight is 378 g/mol. The summed E-state index contributed by atoms with van der Waals surface area (Å²) in [6, 6.07) is 11.7. The minimum absolute atomic E-state index is 0.153. The minimum atomic E-state index is -3.72. The van der Waals surface area contributed by atoms with E-state index in [-0.39, 0.29) is 16.2 Å². The van der Waals surface area contributed by atoms with E-state index in [0.29, 0.717) is 16.1 Å². The number of nitrogens with zero attached hydrogens (tertiary/aromatic N) is 1. The molecule has 5 nitrogen and oxygen atoms in total. The Bertz CT molecular complexity index is 1010. The maximum Gasteiger partial charge on any atom is 0.340 e. The summed E-state index contributed by atoms with van der Waals surface area (Å²) in [7, 11) is -1.04. The summed E-state index contributed by atoms with van der Waals surface area (Å²) in [6.07, 6.45) is 0. The van der Waals surface area contributed by atoms with Gasteiger partial charge in [-0.25, -0.2) is 13.2 Å². The van der Waals surface area contributed by atoms with E-state index in [1.807, 2.05) is 6.92 Å². The van der Waals surface area contributed by atoms with Crippen LogP contribution in [0.2, 0.25) is 5.02 Å². The van der Waals surface area contributed by atoms with Gasteiger partial charge >= 0.3 is 5.97 Å². The Morgan fingerprint density at radius 1 is 1.16 bits per heavy atom. The number of hydrogen-bond donors (Lipinski definition) is 0. The summed E-state index contributed by atoms with van der Waals surface area (Å²) >= 11 is 6.05. The van der Waals surface area contributed by atoms with Crippen molar-refractivity contribution in [2.24, 2.45) is 0 Å². The Labute approximate surface area is 151 Å². The molecule has 0 saturated heterocycles. The molecule has 0 amide bonds. The number of benzene rings is 2. The van der Waals surface area contributed by atoms with Gasteiger partial charge in [0, 0.05) is 17.6 Å². The van der Waals surface area contributed by atoms with Crippen molar-refractivity contribution in [2.75, 3.05) is 14.2 Å². The van der Waals surface area contributed by atoms with Crippen molar-refractivity contribution in [3.63, 3.8) is 0 Å². The second-order valence-electron chi connectivity index (χ2n) is 5.70. The first kappa shape index (κ1) is 17.5. The lowest BCUT2D eigenvalue weighted by atomic mass is 9.98. The number of aryl methyl sites for hydroxylation is 1. The normalized spacial score (nSPS) is 17.2. The first-order valence-corrected chi connectivity index (χ1v) is 9.27. The predicted octanol–water partition coefficient (Wildman–Crippen LogP) is 3.32. The number of halogens is 1. The van der Waals surface area contributed by atoms with Gasteiger partial charge in [-0.3, -0.25) is 4.31 Å². The van der Waals surface area contributed by atoms with Crippen LogP contribution in [0.1, 0.15) is 16.7 Å². The number of fused-ring (bicyclic) bond motifs is 1. The van der Waals surface area contributed by atoms with Crippen LogP contribution in [0, 0.1) is 6.92 Å². The van der Waals surface area contributed by atoms with Gasteiger partial charge in [0.25, 0.3) is 10.0 Å². The van der Waals surface area contributed by atoms with Gasteiger partial charge in [0.15, 0.2) is 0 Å². The highest BCUT2D eigenvalue weighted by molar-refractivity contribution is 7.90. The van der Waals surface area contributed by atoms with Gasteiger partial charge < -0.3 is 4.74 Å². The molecule has 1 aliphatic heterocycles. The van der Waals surface area contributed by atoms with Crippen LogP contribution in [0.5, 0.6) is 0 Å². The van der Waals surface area contributed by atoms with Crippen LogP contribution in [0.3, 0.4) is 0 Å². The lowest BCUT2D eigenvalue weighted by molar-refractivity contribution is -0.133. The number of ether oxygens (including phenoxy) is 1. The molecule has 1 aliphatic rings. The van der Waals surface area contributed by atoms with E-state index in [1.165, 1.54) is 14.2 Å². The molecule has 0 aliphatic carbocycles. The van der Waals surface area contributed by atoms with Gasteiger partial charge in [-0.15, -0.1) is 0 Å². The van der Waals surface area contributed by atoms with E-state index >= 15 is 0 Å². The second-order valence-corrected chi connectivity index (χ2v) is 8.07. The fourth-order valence-electron chi connectivity index (χ4n) is 2.88. The zero-order valence-corrected chi connectivity index (χ0v) is 15.5. The van der Waals surface area contributed by atoms with Crippen molar-refractivity contribution in [1.29, 1.82) is 0 Å². The molecular weight excluding hydrogens is 362 g/mol. The topological polar surface area (TPSA) is 63.7 Å². The van der Waals surface area contributed by atoms with Gasteiger partial charge in [0.2, 0.25) is 0 Å². The summed E-state index contributed by atoms with van der Waals surface area (Å²) in [4.78, 5) is 12.7. The SMILES string of the molecule is COC(=O)/C(=C1\c2cc(C)ccc2S(=O)(=O)N1C)c1cccc(Cl)c1. The number of esters is 1. The molecule has 0 aromatic heterocycles. The molecule has 0 spiro atoms. The average Bonchev–Trinajstić information content (AvgIpc) is 2.75. The molecule has 7 heteroatoms. The largest absolute Gasteiger partial charge is 0.465 e. The molecule has 0 bridgehead atoms. The van der Waals surface area contributed by atoms with Gasteiger partial charge in [-0.2, -0.15) is 0 Å². The molecule has 25 heavy (non-hydrogen) atoms. The number of methoxy groups -OCH3 is 1. The van der Waals surface area contributed by atoms with Gasteiger partial charge in [-0.05, 0) is 36.8 Å². The Morgan fingerprint density at radius 3 is 2.52 bits per heavy atom. The highest BCUT2D eigenvalue weighted by Gasteiger charge is 2.39. The van der Waals surface area contributed by atoms with E-state index in [4.69, 9.17) is 16.3 Å². The summed E-state index contributed by atoms with van der Waals surface area (Å²) < 4.78 is 31.5. The molecule has 2 aromatic rings. The molecular formula is C18H16ClNO4S. The van der Waals surface area contributed by atoms with E-state index < -0.39 is 16.0 Å². The standard InChI is InChI=1S/C18H16ClNO4S/c1-11-7-8-15-14(9-11)17(20(2)25(15,22)23)16(18(21)24-3)12-5-4-6-13(19)10-12/h4-10H,1-3H3/b17-16+. The number of carbonyl (C=O) groups excluding carboxylic acids is 1. The van der Waals surface area contributed by atoms with Crippen molar-refractivity contribution < 1.29 is 17.9 Å². The number of carbonyl (C=O) groups is 1. The lowest BCUT2D eigenvalue weighted by Gasteiger charge is -2.17. The molecule has 0 saturated carbocycles. The molecule has 0 unspecified atom stereocenters. The summed E-state index contributed by atoms with van der Waals surface area (Å²) in [5.74, 6) is -0.631. The van der Waals surface area contributed by atoms with Crippen LogP contribution in [0.15, 0.2) is 47.4 Å². The molecule has 0 fully saturated rings. The van der Waals surface area contributed by atoms with Crippen LogP contribution in [0.4, 0.5) is 0 Å². The van der Waals surface area contributed by atoms with E-state index in [2.05, 4.69) is 0 Å². The molecule has 0 radical (unpaired) electrons. The summed E-state index contributed by atoms with van der Waals surface area (Å²) in [5, 5.41) is 0.437. The lowest BCUT2D eigenvalue weighted by Crippen LogP contribution is -2.21. The maximum atomic E-state index is 12.7. The third-order valence-electron chi connectivity index (χ3n) is 4.08. The summed E-state index contributed by atoms with van der Waals surface area (Å²) in [6.45, 7) is 1.86. The van der Waals surface area contributed by atoms with Crippen molar-refractivity contribution in [2.45, 2.75) is 11.8 Å². The highest BCUT2D eigenvalue weighted by atomic mass is 35.5. The van der Waals surface area contributed by atoms with Crippen molar-refractivity contribution >= 4 is 38.9 Å². The first-order valence-electron chi connectivity index (χ1n) is 7.46. The van der Waals surface area contributed by atoms with Crippen LogP contribution >= 0.6 is 11.6 Å². The van der Waals surface area contributed by atoms with Crippen LogP contribution < -0.4 is 0 Å². The van der Waals surface area contributed by atoms with Crippen LogP contribution in [-0.4, -0.2) is 32.8 Å². The van der Waals surface area contributed by atoms with Gasteiger partial charge in [0.1, 0.15) is 0 Å². The fourth-order valence-corrected chi connectivity index (χ4v) is 4.47. The third kappa shape index (κ3) is 2.81. The van der Waals surface area contributed by atoms with Crippen molar-refractivity contribution in [3.05, 3.63) is 64.2 Å². The Balaban J connectivity index is 2.43. The molecule has 0 N–H and O–H groups in total. The quantitative estimate of drug-likeness (QED) is 0.595. The van der Waals surface area contributed by atoms with E-state index in [1.54, 1.807) is 42.5 Å². The van der Waals surface area contributed by atoms with Gasteiger partial charge in [-0.1, -0.05) is 35.4 Å². The smallest absolute Gasteiger partial charge is 0.340 e. The van der Waals surface area contributed by atoms with Crippen LogP contribution in [-0.2, 0) is 19.6 Å². The molecule has 3 rings (SSSR count). The monoisotopic (exact) mass is 377 g/mol. The number of rotatable bonds is 2. The highest BCUT2D eigenvalue weighted by Crippen LogP contribution is 2.42. The Morgan fingerprint density at radius 2 is 1.88 bits per heavy atom. The zero-order valence-electron chi connectivity index (χ0n) is 13.9. The number of sulfonamides is 1. The van der Waals surface area contributed by atoms with E-state index in [0.717, 1.165) is 9.87 Å². The fraction of sp³-hybridized carbons (Fsp3) is 0.167. The van der Waals surface area contributed by atoms with Crippen molar-refractivity contribution in [3.8, 4) is 0 Å². The van der Waals surface area contributed by atoms with Crippen molar-refractivity contribution in [1.82, 2.24) is 4.31 Å².